The van der Waals surface area contributed by atoms with E-state index in [0.29, 0.717) is 40.6 Å². The molecule has 4 aromatic rings. The number of hydrogen-bond acceptors (Lipinski definition) is 6. The lowest BCUT2D eigenvalue weighted by Gasteiger charge is -2.18. The molecule has 1 amide bonds. The first-order valence-corrected chi connectivity index (χ1v) is 10.2. The molecular formula is C23H23N5O3. The van der Waals surface area contributed by atoms with E-state index in [-0.39, 0.29) is 5.91 Å². The summed E-state index contributed by atoms with van der Waals surface area (Å²) in [6.07, 6.45) is 3.88. The molecule has 0 unspecified atom stereocenters. The van der Waals surface area contributed by atoms with Gasteiger partial charge in [-0.25, -0.2) is 4.98 Å². The van der Waals surface area contributed by atoms with Crippen LogP contribution in [-0.2, 0) is 13.6 Å². The van der Waals surface area contributed by atoms with E-state index < -0.39 is 0 Å². The van der Waals surface area contributed by atoms with E-state index in [4.69, 9.17) is 9.26 Å². The summed E-state index contributed by atoms with van der Waals surface area (Å²) in [5.74, 6) is 0.976. The van der Waals surface area contributed by atoms with Crippen molar-refractivity contribution < 1.29 is 14.1 Å². The molecule has 3 heterocycles. The number of carbonyl (C=O) groups excluding carboxylic acids is 1. The van der Waals surface area contributed by atoms with Crippen molar-refractivity contribution in [3.8, 4) is 17.0 Å². The van der Waals surface area contributed by atoms with Crippen molar-refractivity contribution in [2.45, 2.75) is 25.3 Å². The Hall–Kier alpha value is -3.68. The second-order valence-corrected chi connectivity index (χ2v) is 7.92. The van der Waals surface area contributed by atoms with Gasteiger partial charge in [-0.15, -0.1) is 0 Å². The second kappa shape index (κ2) is 7.54. The number of nitrogens with zero attached hydrogens (tertiary/aromatic N) is 5. The van der Waals surface area contributed by atoms with Crippen LogP contribution in [0, 0.1) is 0 Å². The Kier molecular flexibility index (Phi) is 4.69. The van der Waals surface area contributed by atoms with Gasteiger partial charge in [0.05, 0.1) is 30.3 Å². The third-order valence-electron chi connectivity index (χ3n) is 5.70. The minimum Gasteiger partial charge on any atom is -0.497 e. The number of amides is 1. The van der Waals surface area contributed by atoms with E-state index >= 15 is 0 Å². The molecule has 8 nitrogen and oxygen atoms in total. The van der Waals surface area contributed by atoms with Gasteiger partial charge in [0.1, 0.15) is 11.4 Å². The van der Waals surface area contributed by atoms with Crippen LogP contribution in [0.1, 0.15) is 40.5 Å². The van der Waals surface area contributed by atoms with Crippen molar-refractivity contribution in [2.75, 3.05) is 14.2 Å². The van der Waals surface area contributed by atoms with Gasteiger partial charge >= 0.3 is 0 Å². The zero-order valence-electron chi connectivity index (χ0n) is 17.7. The van der Waals surface area contributed by atoms with Gasteiger partial charge < -0.3 is 14.2 Å². The van der Waals surface area contributed by atoms with Crippen LogP contribution in [0.15, 0.2) is 47.1 Å². The maximum Gasteiger partial charge on any atom is 0.259 e. The lowest BCUT2D eigenvalue weighted by Crippen LogP contribution is -2.27. The fourth-order valence-corrected chi connectivity index (χ4v) is 3.77. The zero-order chi connectivity index (χ0) is 21.5. The van der Waals surface area contributed by atoms with Crippen LogP contribution < -0.4 is 4.74 Å². The number of aryl methyl sites for hydroxylation is 1. The first-order valence-electron chi connectivity index (χ1n) is 10.2. The van der Waals surface area contributed by atoms with E-state index in [1.54, 1.807) is 29.9 Å². The molecular weight excluding hydrogens is 394 g/mol. The minimum absolute atomic E-state index is 0.108. The summed E-state index contributed by atoms with van der Waals surface area (Å²) in [6, 6.07) is 11.4. The average Bonchev–Trinajstić information content (AvgIpc) is 3.44. The highest BCUT2D eigenvalue weighted by atomic mass is 16.5. The van der Waals surface area contributed by atoms with Crippen molar-refractivity contribution in [2.24, 2.45) is 7.05 Å². The quantitative estimate of drug-likeness (QED) is 0.475. The number of pyridine rings is 1. The van der Waals surface area contributed by atoms with Crippen LogP contribution in [0.25, 0.3) is 22.4 Å². The van der Waals surface area contributed by atoms with E-state index in [9.17, 15) is 4.79 Å². The van der Waals surface area contributed by atoms with Gasteiger partial charge in [0, 0.05) is 37.5 Å². The molecule has 1 aliphatic rings. The molecule has 1 saturated carbocycles. The lowest BCUT2D eigenvalue weighted by molar-refractivity contribution is 0.0783. The lowest BCUT2D eigenvalue weighted by atomic mass is 10.0. The van der Waals surface area contributed by atoms with Gasteiger partial charge in [0.2, 0.25) is 0 Å². The zero-order valence-corrected chi connectivity index (χ0v) is 17.7. The van der Waals surface area contributed by atoms with Crippen molar-refractivity contribution in [3.05, 3.63) is 59.5 Å². The molecule has 31 heavy (non-hydrogen) atoms. The highest BCUT2D eigenvalue weighted by Crippen LogP contribution is 2.41. The topological polar surface area (TPSA) is 86.3 Å². The molecule has 158 valence electrons. The summed E-state index contributed by atoms with van der Waals surface area (Å²) < 4.78 is 12.7. The molecule has 5 rings (SSSR count). The van der Waals surface area contributed by atoms with Gasteiger partial charge in [-0.2, -0.15) is 5.10 Å². The van der Waals surface area contributed by atoms with Gasteiger partial charge in [0.15, 0.2) is 0 Å². The molecule has 0 N–H and O–H groups in total. The normalized spacial score (nSPS) is 13.5. The van der Waals surface area contributed by atoms with Gasteiger partial charge in [0.25, 0.3) is 11.6 Å². The van der Waals surface area contributed by atoms with Crippen molar-refractivity contribution in [1.82, 2.24) is 24.8 Å². The summed E-state index contributed by atoms with van der Waals surface area (Å²) in [6.45, 7) is 0.442. The highest BCUT2D eigenvalue weighted by molar-refractivity contribution is 6.09. The van der Waals surface area contributed by atoms with Crippen molar-refractivity contribution in [1.29, 1.82) is 0 Å². The smallest absolute Gasteiger partial charge is 0.259 e. The highest BCUT2D eigenvalue weighted by Gasteiger charge is 2.30. The van der Waals surface area contributed by atoms with Crippen LogP contribution in [-0.4, -0.2) is 44.9 Å². The molecule has 1 aromatic carbocycles. The summed E-state index contributed by atoms with van der Waals surface area (Å²) in [4.78, 5) is 19.9. The number of benzene rings is 1. The summed E-state index contributed by atoms with van der Waals surface area (Å²) >= 11 is 0. The van der Waals surface area contributed by atoms with Gasteiger partial charge in [-0.1, -0.05) is 17.3 Å². The number of methoxy groups -OCH3 is 1. The van der Waals surface area contributed by atoms with E-state index in [1.165, 1.54) is 0 Å². The molecule has 0 saturated heterocycles. The Labute approximate surface area is 179 Å². The number of carbonyl (C=O) groups is 1. The van der Waals surface area contributed by atoms with Crippen LogP contribution in [0.2, 0.25) is 0 Å². The van der Waals surface area contributed by atoms with Crippen molar-refractivity contribution in [3.63, 3.8) is 0 Å². The summed E-state index contributed by atoms with van der Waals surface area (Å²) in [5, 5.41) is 9.09. The molecule has 0 spiro atoms. The molecule has 1 aliphatic carbocycles. The molecule has 1 fully saturated rings. The van der Waals surface area contributed by atoms with Crippen LogP contribution >= 0.6 is 0 Å². The Morgan fingerprint density at radius 1 is 1.29 bits per heavy atom. The fraction of sp³-hybridized carbons (Fsp3) is 0.304. The number of hydrogen-bond donors (Lipinski definition) is 0. The maximum atomic E-state index is 13.6. The summed E-state index contributed by atoms with van der Waals surface area (Å²) in [5.41, 5.74) is 4.17. The van der Waals surface area contributed by atoms with E-state index in [1.807, 2.05) is 43.4 Å². The number of ether oxygens (including phenoxy) is 1. The third-order valence-corrected chi connectivity index (χ3v) is 5.70. The number of fused-ring (bicyclic) bond motifs is 1. The molecule has 0 aliphatic heterocycles. The maximum absolute atomic E-state index is 13.6. The Bertz CT molecular complexity index is 1270. The second-order valence-electron chi connectivity index (χ2n) is 7.92. The third kappa shape index (κ3) is 3.54. The van der Waals surface area contributed by atoms with Crippen molar-refractivity contribution >= 4 is 17.0 Å². The standard InChI is InChI=1S/C23H23N5O3/c1-27(13-16-9-10-24-28(16)2)23(29)18-12-19(14-7-8-14)25-22-20(18)21(26-31-22)15-5-4-6-17(11-15)30-3/h4-6,9-12,14H,7-8,13H2,1-3H3. The van der Waals surface area contributed by atoms with Gasteiger partial charge in [-0.3, -0.25) is 9.48 Å². The van der Waals surface area contributed by atoms with Crippen LogP contribution in [0.3, 0.4) is 0 Å². The monoisotopic (exact) mass is 417 g/mol. The average molecular weight is 417 g/mol. The molecule has 3 aromatic heterocycles. The van der Waals surface area contributed by atoms with Crippen LogP contribution in [0.4, 0.5) is 0 Å². The minimum atomic E-state index is -0.108. The Balaban J connectivity index is 1.61. The van der Waals surface area contributed by atoms with E-state index in [0.717, 1.165) is 29.8 Å². The van der Waals surface area contributed by atoms with Gasteiger partial charge in [-0.05, 0) is 37.1 Å². The Morgan fingerprint density at radius 2 is 2.13 bits per heavy atom. The first-order chi connectivity index (χ1) is 15.0. The Morgan fingerprint density at radius 3 is 2.84 bits per heavy atom. The predicted molar refractivity (Wildman–Crippen MR) is 115 cm³/mol. The first kappa shape index (κ1) is 19.3. The SMILES string of the molecule is COc1cccc(-c2noc3nc(C4CC4)cc(C(=O)N(C)Cc4ccnn4C)c23)c1. The van der Waals surface area contributed by atoms with Crippen LogP contribution in [0.5, 0.6) is 5.75 Å². The number of rotatable bonds is 6. The summed E-state index contributed by atoms with van der Waals surface area (Å²) in [7, 11) is 5.27. The fourth-order valence-electron chi connectivity index (χ4n) is 3.77. The molecule has 0 radical (unpaired) electrons. The molecule has 0 atom stereocenters. The predicted octanol–water partition coefficient (Wildman–Crippen LogP) is 3.78. The molecule has 8 heteroatoms. The largest absolute Gasteiger partial charge is 0.497 e. The van der Waals surface area contributed by atoms with E-state index in [2.05, 4.69) is 15.2 Å². The molecule has 0 bridgehead atoms. The number of aromatic nitrogens is 4.